The van der Waals surface area contributed by atoms with E-state index in [1.807, 2.05) is 6.20 Å². The summed E-state index contributed by atoms with van der Waals surface area (Å²) in [4.78, 5) is 6.83. The van der Waals surface area contributed by atoms with Crippen molar-refractivity contribution >= 4 is 22.7 Å². The first kappa shape index (κ1) is 9.83. The first-order valence-electron chi connectivity index (χ1n) is 4.45. The Bertz CT molecular complexity index is 380. The van der Waals surface area contributed by atoms with E-state index in [0.717, 1.165) is 17.8 Å². The Labute approximate surface area is 90.9 Å². The minimum Gasteiger partial charge on any atom is -0.396 e. The van der Waals surface area contributed by atoms with Gasteiger partial charge in [0.05, 0.1) is 5.01 Å². The molecule has 0 atom stereocenters. The number of hydrogen-bond acceptors (Lipinski definition) is 4. The predicted octanol–water partition coefficient (Wildman–Crippen LogP) is 2.33. The highest BCUT2D eigenvalue weighted by atomic mass is 32.1. The molecule has 0 aliphatic rings. The van der Waals surface area contributed by atoms with Gasteiger partial charge in [-0.2, -0.15) is 0 Å². The normalized spacial score (nSPS) is 10.6. The summed E-state index contributed by atoms with van der Waals surface area (Å²) in [6.45, 7) is 0.209. The van der Waals surface area contributed by atoms with Crippen LogP contribution in [0.1, 0.15) is 14.8 Å². The molecule has 74 valence electrons. The van der Waals surface area contributed by atoms with Gasteiger partial charge in [-0.1, -0.05) is 6.07 Å². The van der Waals surface area contributed by atoms with Crippen LogP contribution < -0.4 is 0 Å². The molecule has 4 heteroatoms. The van der Waals surface area contributed by atoms with Gasteiger partial charge in [-0.3, -0.25) is 0 Å². The molecule has 0 aromatic carbocycles. The molecule has 0 aliphatic carbocycles. The highest BCUT2D eigenvalue weighted by Crippen LogP contribution is 2.19. The monoisotopic (exact) mass is 225 g/mol. The van der Waals surface area contributed by atoms with Gasteiger partial charge in [0.1, 0.15) is 0 Å². The topological polar surface area (TPSA) is 33.1 Å². The number of rotatable bonds is 4. The summed E-state index contributed by atoms with van der Waals surface area (Å²) in [6.07, 6.45) is 3.51. The lowest BCUT2D eigenvalue weighted by Crippen LogP contribution is -1.84. The van der Waals surface area contributed by atoms with Gasteiger partial charge < -0.3 is 5.11 Å². The molecule has 2 rings (SSSR count). The minimum absolute atomic E-state index is 0.209. The Kier molecular flexibility index (Phi) is 3.29. The van der Waals surface area contributed by atoms with Crippen LogP contribution in [-0.4, -0.2) is 16.7 Å². The molecule has 0 amide bonds. The fourth-order valence-electron chi connectivity index (χ4n) is 1.22. The summed E-state index contributed by atoms with van der Waals surface area (Å²) in [5, 5.41) is 12.0. The number of thiazole rings is 1. The quantitative estimate of drug-likeness (QED) is 0.866. The number of nitrogens with zero attached hydrogens (tertiary/aromatic N) is 1. The van der Waals surface area contributed by atoms with Crippen molar-refractivity contribution < 1.29 is 5.11 Å². The zero-order valence-corrected chi connectivity index (χ0v) is 9.27. The summed E-state index contributed by atoms with van der Waals surface area (Å²) < 4.78 is 0. The van der Waals surface area contributed by atoms with E-state index < -0.39 is 0 Å². The summed E-state index contributed by atoms with van der Waals surface area (Å²) >= 11 is 3.45. The second-order valence-corrected chi connectivity index (χ2v) is 5.18. The lowest BCUT2D eigenvalue weighted by Gasteiger charge is -1.90. The van der Waals surface area contributed by atoms with E-state index in [-0.39, 0.29) is 6.61 Å². The smallest absolute Gasteiger partial charge is 0.0979 e. The highest BCUT2D eigenvalue weighted by molar-refractivity contribution is 7.12. The Hall–Kier alpha value is -0.710. The summed E-state index contributed by atoms with van der Waals surface area (Å²) in [5.41, 5.74) is 0. The standard InChI is InChI=1S/C10H11NOS2/c12-4-3-9-7-11-10(14-9)6-8-2-1-5-13-8/h1-2,5,7,12H,3-4,6H2. The van der Waals surface area contributed by atoms with Gasteiger partial charge in [-0.25, -0.2) is 4.98 Å². The Morgan fingerprint density at radius 1 is 1.36 bits per heavy atom. The van der Waals surface area contributed by atoms with Crippen molar-refractivity contribution in [1.29, 1.82) is 0 Å². The third kappa shape index (κ3) is 2.41. The SMILES string of the molecule is OCCc1cnc(Cc2cccs2)s1. The third-order valence-electron chi connectivity index (χ3n) is 1.87. The van der Waals surface area contributed by atoms with Crippen molar-refractivity contribution in [2.45, 2.75) is 12.8 Å². The lowest BCUT2D eigenvalue weighted by molar-refractivity contribution is 0.300. The molecule has 1 N–H and O–H groups in total. The fourth-order valence-corrected chi connectivity index (χ4v) is 2.95. The molecule has 0 radical (unpaired) electrons. The largest absolute Gasteiger partial charge is 0.396 e. The molecule has 0 fully saturated rings. The molecule has 0 unspecified atom stereocenters. The van der Waals surface area contributed by atoms with E-state index >= 15 is 0 Å². The van der Waals surface area contributed by atoms with Crippen LogP contribution in [0.2, 0.25) is 0 Å². The van der Waals surface area contributed by atoms with Gasteiger partial charge in [0.15, 0.2) is 0 Å². The first-order valence-corrected chi connectivity index (χ1v) is 6.15. The molecule has 0 saturated heterocycles. The van der Waals surface area contributed by atoms with Gasteiger partial charge in [0.25, 0.3) is 0 Å². The van der Waals surface area contributed by atoms with Gasteiger partial charge in [-0.15, -0.1) is 22.7 Å². The maximum Gasteiger partial charge on any atom is 0.0979 e. The average molecular weight is 225 g/mol. The molecule has 14 heavy (non-hydrogen) atoms. The predicted molar refractivity (Wildman–Crippen MR) is 60.0 cm³/mol. The lowest BCUT2D eigenvalue weighted by atomic mass is 10.3. The van der Waals surface area contributed by atoms with Crippen LogP contribution in [0.25, 0.3) is 0 Å². The molecule has 2 aromatic heterocycles. The maximum absolute atomic E-state index is 8.77. The van der Waals surface area contributed by atoms with Crippen molar-refractivity contribution in [3.05, 3.63) is 38.5 Å². The number of aliphatic hydroxyl groups is 1. The zero-order chi connectivity index (χ0) is 9.80. The summed E-state index contributed by atoms with van der Waals surface area (Å²) in [7, 11) is 0. The molecule has 2 nitrogen and oxygen atoms in total. The van der Waals surface area contributed by atoms with E-state index in [0.29, 0.717) is 0 Å². The van der Waals surface area contributed by atoms with Gasteiger partial charge in [0.2, 0.25) is 0 Å². The van der Waals surface area contributed by atoms with Crippen LogP contribution in [0.3, 0.4) is 0 Å². The van der Waals surface area contributed by atoms with Crippen LogP contribution in [0.4, 0.5) is 0 Å². The van der Waals surface area contributed by atoms with Crippen LogP contribution in [0.5, 0.6) is 0 Å². The Morgan fingerprint density at radius 3 is 3.00 bits per heavy atom. The number of aromatic nitrogens is 1. The van der Waals surface area contributed by atoms with E-state index in [4.69, 9.17) is 5.11 Å². The van der Waals surface area contributed by atoms with Crippen molar-refractivity contribution in [1.82, 2.24) is 4.98 Å². The van der Waals surface area contributed by atoms with Crippen LogP contribution in [0.15, 0.2) is 23.7 Å². The number of hydrogen-bond donors (Lipinski definition) is 1. The van der Waals surface area contributed by atoms with Gasteiger partial charge >= 0.3 is 0 Å². The van der Waals surface area contributed by atoms with E-state index in [1.165, 1.54) is 9.75 Å². The summed E-state index contributed by atoms with van der Waals surface area (Å²) in [6, 6.07) is 4.18. The molecule has 2 heterocycles. The molecule has 0 bridgehead atoms. The van der Waals surface area contributed by atoms with Crippen molar-refractivity contribution in [3.63, 3.8) is 0 Å². The number of thiophene rings is 1. The second-order valence-electron chi connectivity index (χ2n) is 2.95. The second kappa shape index (κ2) is 4.68. The highest BCUT2D eigenvalue weighted by Gasteiger charge is 2.03. The van der Waals surface area contributed by atoms with Crippen molar-refractivity contribution in [3.8, 4) is 0 Å². The van der Waals surface area contributed by atoms with E-state index in [2.05, 4.69) is 22.5 Å². The molecule has 0 spiro atoms. The Balaban J connectivity index is 2.03. The van der Waals surface area contributed by atoms with Crippen molar-refractivity contribution in [2.24, 2.45) is 0 Å². The minimum atomic E-state index is 0.209. The van der Waals surface area contributed by atoms with Crippen LogP contribution in [0, 0.1) is 0 Å². The molecular weight excluding hydrogens is 214 g/mol. The van der Waals surface area contributed by atoms with Gasteiger partial charge in [-0.05, 0) is 11.4 Å². The molecule has 0 saturated carbocycles. The average Bonchev–Trinajstić information content (AvgIpc) is 2.79. The van der Waals surface area contributed by atoms with Crippen LogP contribution >= 0.6 is 22.7 Å². The third-order valence-corrected chi connectivity index (χ3v) is 3.80. The van der Waals surface area contributed by atoms with Gasteiger partial charge in [0, 0.05) is 35.4 Å². The van der Waals surface area contributed by atoms with Crippen LogP contribution in [-0.2, 0) is 12.8 Å². The molecule has 0 aliphatic heterocycles. The van der Waals surface area contributed by atoms with Crippen molar-refractivity contribution in [2.75, 3.05) is 6.61 Å². The maximum atomic E-state index is 8.77. The Morgan fingerprint density at radius 2 is 2.29 bits per heavy atom. The van der Waals surface area contributed by atoms with E-state index in [1.54, 1.807) is 22.7 Å². The number of aliphatic hydroxyl groups excluding tert-OH is 1. The zero-order valence-electron chi connectivity index (χ0n) is 7.64. The fraction of sp³-hybridized carbons (Fsp3) is 0.300. The van der Waals surface area contributed by atoms with E-state index in [9.17, 15) is 0 Å². The summed E-state index contributed by atoms with van der Waals surface area (Å²) in [5.74, 6) is 0. The molecular formula is C10H11NOS2. The molecule has 2 aromatic rings. The first-order chi connectivity index (χ1) is 6.88.